The molecule has 1 saturated heterocycles. The molecular weight excluding hydrogens is 472 g/mol. The molecule has 0 radical (unpaired) electrons. The SMILES string of the molecule is COc1ccc([N+](=O)[O-])cc1N(CCCC(=O)NCc1ccc(CN2CCCC2)cc1)S(C)(=O)=O. The average molecular weight is 505 g/mol. The lowest BCUT2D eigenvalue weighted by atomic mass is 10.1. The summed E-state index contributed by atoms with van der Waals surface area (Å²) >= 11 is 0. The minimum atomic E-state index is -3.76. The van der Waals surface area contributed by atoms with Crippen LogP contribution in [0.3, 0.4) is 0 Å². The van der Waals surface area contributed by atoms with E-state index >= 15 is 0 Å². The average Bonchev–Trinajstić information content (AvgIpc) is 3.33. The van der Waals surface area contributed by atoms with E-state index in [-0.39, 0.29) is 42.4 Å². The standard InChI is InChI=1S/C24H32N4O6S/c1-34-23-12-11-21(28(30)31)16-22(23)27(35(2,32)33)15-5-6-24(29)25-17-19-7-9-20(10-8-19)18-26-13-3-4-14-26/h7-12,16H,3-6,13-15,17-18H2,1-2H3,(H,25,29). The number of likely N-dealkylation sites (tertiary alicyclic amines) is 1. The van der Waals surface area contributed by atoms with Crippen LogP contribution >= 0.6 is 0 Å². The van der Waals surface area contributed by atoms with Gasteiger partial charge in [-0.1, -0.05) is 24.3 Å². The first-order valence-corrected chi connectivity index (χ1v) is 13.4. The summed E-state index contributed by atoms with van der Waals surface area (Å²) in [7, 11) is -2.40. The molecule has 0 spiro atoms. The maximum atomic E-state index is 12.4. The van der Waals surface area contributed by atoms with Gasteiger partial charge in [-0.25, -0.2) is 8.42 Å². The zero-order chi connectivity index (χ0) is 25.4. The number of nitro benzene ring substituents is 1. The van der Waals surface area contributed by atoms with Crippen molar-refractivity contribution in [1.29, 1.82) is 0 Å². The fourth-order valence-electron chi connectivity index (χ4n) is 4.09. The normalized spacial score (nSPS) is 14.0. The fraction of sp³-hybridized carbons (Fsp3) is 0.458. The van der Waals surface area contributed by atoms with Gasteiger partial charge in [0.25, 0.3) is 5.69 Å². The molecule has 0 unspecified atom stereocenters. The molecule has 0 aromatic heterocycles. The highest BCUT2D eigenvalue weighted by Crippen LogP contribution is 2.33. The molecule has 2 aromatic carbocycles. The zero-order valence-electron chi connectivity index (χ0n) is 20.1. The molecule has 1 aliphatic rings. The first-order valence-electron chi connectivity index (χ1n) is 11.5. The second-order valence-corrected chi connectivity index (χ2v) is 10.5. The molecule has 190 valence electrons. The van der Waals surface area contributed by atoms with Crippen LogP contribution in [0, 0.1) is 10.1 Å². The number of methoxy groups -OCH3 is 1. The van der Waals surface area contributed by atoms with Gasteiger partial charge in [0.1, 0.15) is 11.4 Å². The number of hydrogen-bond donors (Lipinski definition) is 1. The Kier molecular flexibility index (Phi) is 9.05. The van der Waals surface area contributed by atoms with Crippen molar-refractivity contribution in [3.8, 4) is 5.75 Å². The van der Waals surface area contributed by atoms with Crippen molar-refractivity contribution in [1.82, 2.24) is 10.2 Å². The van der Waals surface area contributed by atoms with E-state index in [1.807, 2.05) is 12.1 Å². The van der Waals surface area contributed by atoms with Gasteiger partial charge in [-0.05, 0) is 49.5 Å². The molecule has 11 heteroatoms. The summed E-state index contributed by atoms with van der Waals surface area (Å²) in [6.45, 7) is 3.59. The van der Waals surface area contributed by atoms with Gasteiger partial charge in [0.2, 0.25) is 15.9 Å². The van der Waals surface area contributed by atoms with Crippen LogP contribution in [0.15, 0.2) is 42.5 Å². The van der Waals surface area contributed by atoms with Crippen molar-refractivity contribution in [2.24, 2.45) is 0 Å². The third kappa shape index (κ3) is 7.66. The van der Waals surface area contributed by atoms with Crippen LogP contribution < -0.4 is 14.4 Å². The van der Waals surface area contributed by atoms with Crippen LogP contribution in [0.5, 0.6) is 5.75 Å². The minimum Gasteiger partial charge on any atom is -0.495 e. The summed E-state index contributed by atoms with van der Waals surface area (Å²) in [5.74, 6) is -0.00995. The van der Waals surface area contributed by atoms with Crippen molar-refractivity contribution in [2.75, 3.05) is 37.3 Å². The van der Waals surface area contributed by atoms with Gasteiger partial charge in [0.15, 0.2) is 0 Å². The number of rotatable bonds is 12. The molecule has 0 atom stereocenters. The van der Waals surface area contributed by atoms with E-state index in [1.54, 1.807) is 0 Å². The number of nitrogens with one attached hydrogen (secondary N) is 1. The number of amides is 1. The molecule has 1 N–H and O–H groups in total. The highest BCUT2D eigenvalue weighted by molar-refractivity contribution is 7.92. The Morgan fingerprint density at radius 1 is 1.14 bits per heavy atom. The number of carbonyl (C=O) groups excluding carboxylic acids is 1. The second kappa shape index (κ2) is 12.0. The van der Waals surface area contributed by atoms with E-state index in [0.717, 1.165) is 41.8 Å². The Balaban J connectivity index is 1.53. The third-order valence-electron chi connectivity index (χ3n) is 5.92. The second-order valence-electron chi connectivity index (χ2n) is 8.63. The van der Waals surface area contributed by atoms with Gasteiger partial charge in [0.05, 0.1) is 18.3 Å². The summed E-state index contributed by atoms with van der Waals surface area (Å²) < 4.78 is 31.0. The molecule has 35 heavy (non-hydrogen) atoms. The van der Waals surface area contributed by atoms with Gasteiger partial charge < -0.3 is 10.1 Å². The van der Waals surface area contributed by atoms with E-state index < -0.39 is 14.9 Å². The highest BCUT2D eigenvalue weighted by Gasteiger charge is 2.24. The van der Waals surface area contributed by atoms with E-state index in [9.17, 15) is 23.3 Å². The number of benzene rings is 2. The van der Waals surface area contributed by atoms with Crippen molar-refractivity contribution in [3.05, 3.63) is 63.7 Å². The molecule has 0 saturated carbocycles. The Morgan fingerprint density at radius 2 is 1.80 bits per heavy atom. The van der Waals surface area contributed by atoms with Gasteiger partial charge in [0, 0.05) is 38.2 Å². The number of hydrogen-bond acceptors (Lipinski definition) is 7. The number of anilines is 1. The Morgan fingerprint density at radius 3 is 2.40 bits per heavy atom. The lowest BCUT2D eigenvalue weighted by molar-refractivity contribution is -0.384. The van der Waals surface area contributed by atoms with Crippen LogP contribution in [0.4, 0.5) is 11.4 Å². The van der Waals surface area contributed by atoms with Crippen molar-refractivity contribution < 1.29 is 22.9 Å². The number of carbonyl (C=O) groups is 1. The first-order chi connectivity index (χ1) is 16.7. The molecule has 1 amide bonds. The lowest BCUT2D eigenvalue weighted by Crippen LogP contribution is -2.32. The largest absolute Gasteiger partial charge is 0.495 e. The maximum Gasteiger partial charge on any atom is 0.271 e. The van der Waals surface area contributed by atoms with E-state index in [0.29, 0.717) is 6.54 Å². The first kappa shape index (κ1) is 26.4. The van der Waals surface area contributed by atoms with Crippen LogP contribution in [0.25, 0.3) is 0 Å². The monoisotopic (exact) mass is 504 g/mol. The summed E-state index contributed by atoms with van der Waals surface area (Å²) in [6.07, 6.45) is 3.87. The van der Waals surface area contributed by atoms with Gasteiger partial charge in [-0.3, -0.25) is 24.1 Å². The Labute approximate surface area is 206 Å². The smallest absolute Gasteiger partial charge is 0.271 e. The quantitative estimate of drug-likeness (QED) is 0.348. The summed E-state index contributed by atoms with van der Waals surface area (Å²) in [4.78, 5) is 25.3. The van der Waals surface area contributed by atoms with Gasteiger partial charge in [-0.15, -0.1) is 0 Å². The number of nitro groups is 1. The van der Waals surface area contributed by atoms with E-state index in [2.05, 4.69) is 22.3 Å². The van der Waals surface area contributed by atoms with E-state index in [1.165, 1.54) is 37.6 Å². The summed E-state index contributed by atoms with van der Waals surface area (Å²) in [5.41, 5.74) is 2.05. The molecule has 1 heterocycles. The fourth-order valence-corrected chi connectivity index (χ4v) is 5.05. The summed E-state index contributed by atoms with van der Waals surface area (Å²) in [5, 5.41) is 14.0. The number of ether oxygens (including phenoxy) is 1. The third-order valence-corrected chi connectivity index (χ3v) is 7.10. The molecule has 0 aliphatic carbocycles. The van der Waals surface area contributed by atoms with Crippen molar-refractivity contribution in [3.63, 3.8) is 0 Å². The molecule has 1 fully saturated rings. The highest BCUT2D eigenvalue weighted by atomic mass is 32.2. The molecule has 10 nitrogen and oxygen atoms in total. The molecule has 3 rings (SSSR count). The molecule has 2 aromatic rings. The number of non-ortho nitro benzene ring substituents is 1. The Hall–Kier alpha value is -3.18. The molecule has 0 bridgehead atoms. The van der Waals surface area contributed by atoms with Crippen molar-refractivity contribution in [2.45, 2.75) is 38.8 Å². The summed E-state index contributed by atoms with van der Waals surface area (Å²) in [6, 6.07) is 11.9. The van der Waals surface area contributed by atoms with E-state index in [4.69, 9.17) is 4.74 Å². The Bertz CT molecular complexity index is 1130. The van der Waals surface area contributed by atoms with Crippen LogP contribution in [-0.4, -0.2) is 57.1 Å². The van der Waals surface area contributed by atoms with Crippen LogP contribution in [0.2, 0.25) is 0 Å². The minimum absolute atomic E-state index is 0.0189. The van der Waals surface area contributed by atoms with Crippen LogP contribution in [-0.2, 0) is 27.9 Å². The predicted octanol–water partition coefficient (Wildman–Crippen LogP) is 3.06. The van der Waals surface area contributed by atoms with Gasteiger partial charge in [-0.2, -0.15) is 0 Å². The molecule has 1 aliphatic heterocycles. The maximum absolute atomic E-state index is 12.4. The number of nitrogens with zero attached hydrogens (tertiary/aromatic N) is 3. The number of sulfonamides is 1. The predicted molar refractivity (Wildman–Crippen MR) is 134 cm³/mol. The van der Waals surface area contributed by atoms with Crippen LogP contribution in [0.1, 0.15) is 36.8 Å². The van der Waals surface area contributed by atoms with Crippen molar-refractivity contribution >= 4 is 27.3 Å². The topological polar surface area (TPSA) is 122 Å². The zero-order valence-corrected chi connectivity index (χ0v) is 20.9. The molecular formula is C24H32N4O6S. The van der Waals surface area contributed by atoms with Gasteiger partial charge >= 0.3 is 0 Å². The lowest BCUT2D eigenvalue weighted by Gasteiger charge is -2.24.